The van der Waals surface area contributed by atoms with Crippen molar-refractivity contribution in [3.05, 3.63) is 0 Å². The summed E-state index contributed by atoms with van der Waals surface area (Å²) in [4.78, 5) is 172. The van der Waals surface area contributed by atoms with Crippen molar-refractivity contribution < 1.29 is 48.2 Å². The fourth-order valence-corrected chi connectivity index (χ4v) is 25.3. The van der Waals surface area contributed by atoms with Crippen LogP contribution in [0.15, 0.2) is 0 Å². The van der Waals surface area contributed by atoms with Gasteiger partial charge < -0.3 is 44.1 Å². The van der Waals surface area contributed by atoms with Gasteiger partial charge >= 0.3 is 0 Å². The predicted octanol–water partition coefficient (Wildman–Crippen LogP) is 22.9. The molecule has 33 heteroatoms. The summed E-state index contributed by atoms with van der Waals surface area (Å²) in [5.41, 5.74) is -5.30. The van der Waals surface area contributed by atoms with E-state index in [1.807, 2.05) is 0 Å². The number of hydroxylamine groups is 10. The molecule has 33 nitrogen and oxygen atoms in total. The molecule has 0 amide bonds. The number of aromatic nitrogens is 9. The number of nitrogens with zero attached hydrogens (tertiary/aromatic N) is 23. The monoisotopic (exact) mass is 2100 g/mol. The number of hydrogen-bond donors (Lipinski definition) is 0. The zero-order chi connectivity index (χ0) is 111. The van der Waals surface area contributed by atoms with Crippen LogP contribution in [0.5, 0.6) is 0 Å². The Kier molecular flexibility index (Phi) is 50.0. The van der Waals surface area contributed by atoms with Gasteiger partial charge in [-0.2, -0.15) is 70.2 Å². The highest BCUT2D eigenvalue weighted by molar-refractivity contribution is 5.78. The summed E-state index contributed by atoms with van der Waals surface area (Å²) in [6.45, 7) is 83.5. The summed E-state index contributed by atoms with van der Waals surface area (Å²) in [5.74, 6) is 6.16. The average Bonchev–Trinajstić information content (AvgIpc) is 0.758. The van der Waals surface area contributed by atoms with Crippen LogP contribution in [-0.2, 0) is 48.2 Å². The lowest BCUT2D eigenvalue weighted by Gasteiger charge is -2.56. The first-order valence-electron chi connectivity index (χ1n) is 59.3. The van der Waals surface area contributed by atoms with Crippen LogP contribution in [0.25, 0.3) is 0 Å². The molecule has 8 rings (SSSR count). The van der Waals surface area contributed by atoms with Crippen molar-refractivity contribution in [2.24, 2.45) is 0 Å². The summed E-state index contributed by atoms with van der Waals surface area (Å²) in [5, 5.41) is 10.5. The van der Waals surface area contributed by atoms with Gasteiger partial charge in [0.15, 0.2) is 28.9 Å². The zero-order valence-corrected chi connectivity index (χ0v) is 101. The van der Waals surface area contributed by atoms with Crippen LogP contribution in [0.3, 0.4) is 0 Å². The first-order valence-corrected chi connectivity index (χ1v) is 59.3. The van der Waals surface area contributed by atoms with Crippen LogP contribution in [0.4, 0.5) is 53.5 Å². The number of carbonyl (C=O) groups excluding carboxylic acids is 5. The van der Waals surface area contributed by atoms with Gasteiger partial charge in [0.2, 0.25) is 53.5 Å². The number of ketones is 5. The summed E-state index contributed by atoms with van der Waals surface area (Å²) < 4.78 is 0. The lowest BCUT2D eigenvalue weighted by atomic mass is 9.78. The molecule has 5 aliphatic rings. The smallest absolute Gasteiger partial charge is 0.232 e. The van der Waals surface area contributed by atoms with Gasteiger partial charge in [-0.25, -0.2) is 0 Å². The molecule has 0 spiro atoms. The Bertz CT molecular complexity index is 4150. The summed E-state index contributed by atoms with van der Waals surface area (Å²) in [7, 11) is 0. The zero-order valence-electron chi connectivity index (χ0n) is 101. The second-order valence-electron chi connectivity index (χ2n) is 51.4. The van der Waals surface area contributed by atoms with E-state index in [4.69, 9.17) is 69.0 Å². The molecule has 0 atom stereocenters. The molecule has 858 valence electrons. The second kappa shape index (κ2) is 58.5. The Hall–Kier alpha value is -6.82. The van der Waals surface area contributed by atoms with Gasteiger partial charge in [-0.15, -0.1) is 0 Å². The molecule has 3 aromatic heterocycles. The van der Waals surface area contributed by atoms with Gasteiger partial charge in [-0.3, -0.25) is 48.2 Å². The predicted molar refractivity (Wildman–Crippen MR) is 614 cm³/mol. The van der Waals surface area contributed by atoms with Gasteiger partial charge in [0.05, 0.1) is 0 Å². The number of piperidine rings is 5. The number of hydrogen-bond acceptors (Lipinski definition) is 33. The number of Topliss-reactive ketones (excluding diaryl/α,β-unsaturated/α-hetero) is 5. The van der Waals surface area contributed by atoms with E-state index in [0.29, 0.717) is 101 Å². The maximum Gasteiger partial charge on any atom is 0.232 e. The van der Waals surface area contributed by atoms with Crippen LogP contribution >= 0.6 is 0 Å². The van der Waals surface area contributed by atoms with Crippen molar-refractivity contribution in [3.8, 4) is 0 Å². The van der Waals surface area contributed by atoms with Crippen LogP contribution in [0.2, 0.25) is 0 Å². The SMILES string of the molecule is CCCCN(CCCC)c1nc(N(CCCC)CCCC)nc(N(CCCCCCN(c2nc(N(CCCC)C3CC(C)(C)N(OCC(C)=O)C(C)(C)C3)nc(N(CCCCCCN(c3nc(N(CCCC)CCCC)nc(N(CCCC)CCCC)n3)C3CC(C)(C)N(OCC(C)=O)C(C)(C)C3)C3CC(C)(C)N(OCC(C)=O)C(C)(C)C3)n2)C2CC(C)(C)N(OCC(C)=O)C(C)(C)C2)C2CC(C)(C)N(OCC(C)=O)C(C)(C)C2)n1. The molecule has 8 heterocycles. The molecule has 0 radical (unpaired) electrons. The molecule has 5 saturated heterocycles. The highest BCUT2D eigenvalue weighted by Crippen LogP contribution is 2.50. The van der Waals surface area contributed by atoms with E-state index < -0.39 is 55.4 Å². The minimum Gasteiger partial charge on any atom is -0.341 e. The first kappa shape index (κ1) is 128. The number of unbranched alkanes of at least 4 members (excludes halogenated alkanes) is 15. The summed E-state index contributed by atoms with van der Waals surface area (Å²) >= 11 is 0. The standard InChI is InChI=1S/C117H215N23O10/c1-35-44-61-127(62-45-36-2)99-118-100(128(63-46-37-3)64-47-38-4)121-103(120-99)132(95-76-110(19,20)137(111(21,22)77-95)147-85-90(11)142)70-57-53-55-59-72-134(97-80-114(27,28)139(115(29,30)81-97)149-87-92(13)144)106-124-105(131(69-52-43-9)94-74-108(15,16)136(109(17,18)75-94)146-84-89(10)141)125-107(126-106)135(98-82-116(31,32)140(117(33,34)83-98)150-88-93(14)145)73-60-56-54-58-71-133(96-78-112(23,24)138(113(25,26)79-96)148-86-91(12)143)104-122-101(129(65-48-39-5)66-49-40-6)119-102(123-104)130(67-50-41-7)68-51-42-8/h94-98H,35-88H2,1-34H3. The van der Waals surface area contributed by atoms with Gasteiger partial charge in [0.1, 0.15) is 33.0 Å². The molecule has 0 aliphatic carbocycles. The summed E-state index contributed by atoms with van der Waals surface area (Å²) in [6, 6.07) is -0.332. The van der Waals surface area contributed by atoms with Gasteiger partial charge in [0.25, 0.3) is 0 Å². The highest BCUT2D eigenvalue weighted by Gasteiger charge is 2.56. The molecule has 0 aromatic carbocycles. The quantitative estimate of drug-likeness (QED) is 0.0474. The van der Waals surface area contributed by atoms with Crippen LogP contribution in [-0.4, -0.2) is 303 Å². The lowest BCUT2D eigenvalue weighted by molar-refractivity contribution is -0.278. The Morgan fingerprint density at radius 1 is 0.200 bits per heavy atom. The molecule has 0 saturated carbocycles. The molecular weight excluding hydrogens is 1890 g/mol. The van der Waals surface area contributed by atoms with Crippen molar-refractivity contribution in [2.45, 2.75) is 552 Å². The van der Waals surface area contributed by atoms with E-state index in [-0.39, 0.29) is 92.2 Å². The Labute approximate surface area is 910 Å². The third kappa shape index (κ3) is 36.9. The molecule has 0 bridgehead atoms. The molecule has 0 unspecified atom stereocenters. The fraction of sp³-hybridized carbons (Fsp3) is 0.880. The molecule has 0 N–H and O–H groups in total. The molecule has 3 aromatic rings. The van der Waals surface area contributed by atoms with Crippen molar-refractivity contribution in [1.82, 2.24) is 70.2 Å². The van der Waals surface area contributed by atoms with E-state index in [1.54, 1.807) is 34.6 Å². The maximum absolute atomic E-state index is 13.1. The van der Waals surface area contributed by atoms with Crippen molar-refractivity contribution >= 4 is 82.5 Å². The average molecular weight is 2100 g/mol. The van der Waals surface area contributed by atoms with Crippen LogP contribution < -0.4 is 44.1 Å². The number of rotatable bonds is 70. The minimum absolute atomic E-state index is 0.000208. The fourth-order valence-electron chi connectivity index (χ4n) is 25.3. The largest absolute Gasteiger partial charge is 0.341 e. The first-order chi connectivity index (χ1) is 70.5. The van der Waals surface area contributed by atoms with Crippen LogP contribution in [0, 0.1) is 0 Å². The topological polar surface area (TPSA) is 293 Å². The van der Waals surface area contributed by atoms with Gasteiger partial charge in [0, 0.05) is 171 Å². The van der Waals surface area contributed by atoms with E-state index in [9.17, 15) is 24.0 Å². The molecule has 5 fully saturated rings. The number of anilines is 9. The third-order valence-corrected chi connectivity index (χ3v) is 31.4. The molecule has 150 heavy (non-hydrogen) atoms. The van der Waals surface area contributed by atoms with Gasteiger partial charge in [-0.1, -0.05) is 146 Å². The third-order valence-electron chi connectivity index (χ3n) is 31.4. The van der Waals surface area contributed by atoms with Crippen molar-refractivity contribution in [2.75, 3.05) is 162 Å². The highest BCUT2D eigenvalue weighted by atomic mass is 16.7. The van der Waals surface area contributed by atoms with Crippen LogP contribution in [0.1, 0.15) is 467 Å². The molecule has 5 aliphatic heterocycles. The Balaban J connectivity index is 1.33. The van der Waals surface area contributed by atoms with Crippen molar-refractivity contribution in [1.29, 1.82) is 0 Å². The minimum atomic E-state index is -0.579. The van der Waals surface area contributed by atoms with E-state index in [0.717, 1.165) is 269 Å². The molecular formula is C117H215N23O10. The van der Waals surface area contributed by atoms with Crippen molar-refractivity contribution in [3.63, 3.8) is 0 Å². The maximum atomic E-state index is 13.1. The second-order valence-corrected chi connectivity index (χ2v) is 51.4. The van der Waals surface area contributed by atoms with E-state index in [1.165, 1.54) is 0 Å². The lowest BCUT2D eigenvalue weighted by Crippen LogP contribution is -2.65. The Morgan fingerprint density at radius 3 is 0.453 bits per heavy atom. The normalized spacial score (nSPS) is 19.5. The van der Waals surface area contributed by atoms with Gasteiger partial charge in [-0.05, 0) is 321 Å². The van der Waals surface area contributed by atoms with E-state index >= 15 is 0 Å². The van der Waals surface area contributed by atoms with E-state index in [2.05, 4.69) is 270 Å². The number of carbonyl (C=O) groups is 5. The summed E-state index contributed by atoms with van der Waals surface area (Å²) in [6.07, 6.45) is 32.4. The Morgan fingerprint density at radius 2 is 0.320 bits per heavy atom.